The van der Waals surface area contributed by atoms with Gasteiger partial charge in [-0.3, -0.25) is 19.2 Å². The molecule has 0 saturated carbocycles. The molecular formula is C44H57N5O10. The third-order valence-corrected chi connectivity index (χ3v) is 9.05. The average molecular weight is 816 g/mol. The van der Waals surface area contributed by atoms with E-state index < -0.39 is 58.6 Å². The lowest BCUT2D eigenvalue weighted by Gasteiger charge is -2.30. The maximum atomic E-state index is 13.6. The Balaban J connectivity index is 1.49. The summed E-state index contributed by atoms with van der Waals surface area (Å²) in [6, 6.07) is 7.81. The van der Waals surface area contributed by atoms with Crippen molar-refractivity contribution in [3.05, 3.63) is 69.3 Å². The summed E-state index contributed by atoms with van der Waals surface area (Å²) in [7, 11) is 0. The molecule has 15 nitrogen and oxygen atoms in total. The number of carbonyl (C=O) groups excluding carboxylic acids is 5. The van der Waals surface area contributed by atoms with Crippen molar-refractivity contribution >= 4 is 46.3 Å². The number of H-pyrrole nitrogens is 1. The summed E-state index contributed by atoms with van der Waals surface area (Å²) in [6.07, 6.45) is 6.57. The van der Waals surface area contributed by atoms with Crippen molar-refractivity contribution in [1.82, 2.24) is 20.6 Å². The molecule has 0 fully saturated rings. The van der Waals surface area contributed by atoms with Gasteiger partial charge < -0.3 is 39.8 Å². The van der Waals surface area contributed by atoms with Crippen LogP contribution in [0, 0.1) is 12.3 Å². The third-order valence-electron chi connectivity index (χ3n) is 9.05. The molecule has 4 rings (SSSR count). The number of nitrogens with one attached hydrogen (secondary N) is 3. The van der Waals surface area contributed by atoms with Gasteiger partial charge in [0.05, 0.1) is 23.5 Å². The number of esters is 3. The van der Waals surface area contributed by atoms with Crippen LogP contribution in [-0.4, -0.2) is 80.2 Å². The van der Waals surface area contributed by atoms with Gasteiger partial charge in [0.2, 0.25) is 5.91 Å². The van der Waals surface area contributed by atoms with Crippen LogP contribution in [0.4, 0.5) is 5.69 Å². The summed E-state index contributed by atoms with van der Waals surface area (Å²) in [5.74, 6) is -0.325. The zero-order chi connectivity index (χ0) is 43.9. The molecular weight excluding hydrogens is 759 g/mol. The lowest BCUT2D eigenvalue weighted by atomic mass is 10.0. The Morgan fingerprint density at radius 3 is 2.02 bits per heavy atom. The SMILES string of the molecule is C#CCN(c1ccc(C(=O)N[C@@H](CCC(=O)N[C@H](CCC(=O)OC(C)(C)C)C(=O)OC(C)(C)C)C(=O)OC(C)(C)C)cc1)[C@H]1CCc2cc3nc(CO)[nH]c(=O)c3cc21. The number of rotatable bonds is 15. The predicted molar refractivity (Wildman–Crippen MR) is 221 cm³/mol. The van der Waals surface area contributed by atoms with E-state index in [1.54, 1.807) is 86.6 Å². The number of aromatic nitrogens is 2. The number of ether oxygens (including phenoxy) is 3. The first-order valence-electron chi connectivity index (χ1n) is 19.7. The highest BCUT2D eigenvalue weighted by Crippen LogP contribution is 2.39. The Bertz CT molecular complexity index is 2130. The van der Waals surface area contributed by atoms with Crippen LogP contribution in [0.2, 0.25) is 0 Å². The first kappa shape index (κ1) is 45.9. The van der Waals surface area contributed by atoms with E-state index in [1.807, 2.05) is 17.0 Å². The van der Waals surface area contributed by atoms with E-state index in [4.69, 9.17) is 20.6 Å². The van der Waals surface area contributed by atoms with Gasteiger partial charge in [0.25, 0.3) is 11.5 Å². The Labute approximate surface area is 345 Å². The first-order chi connectivity index (χ1) is 27.5. The van der Waals surface area contributed by atoms with E-state index in [0.29, 0.717) is 17.3 Å². The van der Waals surface area contributed by atoms with Crippen molar-refractivity contribution in [1.29, 1.82) is 0 Å². The van der Waals surface area contributed by atoms with Gasteiger partial charge >= 0.3 is 17.9 Å². The number of terminal acetylenes is 1. The average Bonchev–Trinajstić information content (AvgIpc) is 3.53. The van der Waals surface area contributed by atoms with Gasteiger partial charge in [-0.1, -0.05) is 5.92 Å². The number of fused-ring (bicyclic) bond motifs is 2. The molecule has 15 heteroatoms. The van der Waals surface area contributed by atoms with Gasteiger partial charge in [-0.15, -0.1) is 6.42 Å². The Morgan fingerprint density at radius 2 is 1.46 bits per heavy atom. The van der Waals surface area contributed by atoms with Gasteiger partial charge in [-0.2, -0.15) is 0 Å². The Hall–Kier alpha value is -5.75. The number of aryl methyl sites for hydroxylation is 1. The summed E-state index contributed by atoms with van der Waals surface area (Å²) in [4.78, 5) is 87.5. The van der Waals surface area contributed by atoms with E-state index in [-0.39, 0.29) is 61.8 Å². The van der Waals surface area contributed by atoms with Crippen molar-refractivity contribution in [3.8, 4) is 12.3 Å². The van der Waals surface area contributed by atoms with Crippen LogP contribution in [0.1, 0.15) is 128 Å². The van der Waals surface area contributed by atoms with E-state index >= 15 is 0 Å². The number of anilines is 1. The maximum absolute atomic E-state index is 13.6. The lowest BCUT2D eigenvalue weighted by molar-refractivity contribution is -0.161. The van der Waals surface area contributed by atoms with E-state index in [2.05, 4.69) is 26.5 Å². The predicted octanol–water partition coefficient (Wildman–Crippen LogP) is 4.71. The molecule has 0 spiro atoms. The minimum atomic E-state index is -1.23. The van der Waals surface area contributed by atoms with Gasteiger partial charge in [0.1, 0.15) is 41.3 Å². The number of aromatic amines is 1. The molecule has 3 aromatic rings. The largest absolute Gasteiger partial charge is 0.460 e. The molecule has 0 unspecified atom stereocenters. The zero-order valence-electron chi connectivity index (χ0n) is 35.4. The van der Waals surface area contributed by atoms with Crippen LogP contribution in [0.15, 0.2) is 41.2 Å². The van der Waals surface area contributed by atoms with Gasteiger partial charge in [-0.05, 0) is 136 Å². The van der Waals surface area contributed by atoms with Crippen LogP contribution in [0.25, 0.3) is 10.9 Å². The molecule has 0 aliphatic heterocycles. The zero-order valence-corrected chi connectivity index (χ0v) is 35.4. The Morgan fingerprint density at radius 1 is 0.881 bits per heavy atom. The van der Waals surface area contributed by atoms with Crippen molar-refractivity contribution in [2.24, 2.45) is 0 Å². The summed E-state index contributed by atoms with van der Waals surface area (Å²) in [5, 5.41) is 15.2. The van der Waals surface area contributed by atoms with Gasteiger partial charge in [0, 0.05) is 24.1 Å². The van der Waals surface area contributed by atoms with E-state index in [0.717, 1.165) is 23.2 Å². The highest BCUT2D eigenvalue weighted by Gasteiger charge is 2.32. The molecule has 2 amide bonds. The monoisotopic (exact) mass is 815 g/mol. The topological polar surface area (TPSA) is 206 Å². The minimum Gasteiger partial charge on any atom is -0.460 e. The Kier molecular flexibility index (Phi) is 14.7. The van der Waals surface area contributed by atoms with E-state index in [1.165, 1.54) is 0 Å². The van der Waals surface area contributed by atoms with Crippen LogP contribution in [0.3, 0.4) is 0 Å². The molecule has 3 atom stereocenters. The summed E-state index contributed by atoms with van der Waals surface area (Å²) in [5.41, 5.74) is 0.570. The van der Waals surface area contributed by atoms with Crippen molar-refractivity contribution in [3.63, 3.8) is 0 Å². The van der Waals surface area contributed by atoms with Crippen molar-refractivity contribution in [2.75, 3.05) is 11.4 Å². The number of aliphatic hydroxyl groups is 1. The molecule has 4 N–H and O–H groups in total. The second kappa shape index (κ2) is 18.9. The van der Waals surface area contributed by atoms with Gasteiger partial charge in [-0.25, -0.2) is 14.6 Å². The molecule has 1 aliphatic carbocycles. The second-order valence-corrected chi connectivity index (χ2v) is 17.5. The number of carbonyl (C=O) groups is 5. The van der Waals surface area contributed by atoms with Crippen LogP contribution in [-0.2, 0) is 46.4 Å². The molecule has 318 valence electrons. The molecule has 0 bridgehead atoms. The number of hydrogen-bond donors (Lipinski definition) is 4. The number of nitrogens with zero attached hydrogens (tertiary/aromatic N) is 2. The normalized spacial score (nSPS) is 15.0. The molecule has 2 aromatic carbocycles. The third kappa shape index (κ3) is 13.4. The molecule has 1 heterocycles. The quantitative estimate of drug-likeness (QED) is 0.0936. The summed E-state index contributed by atoms with van der Waals surface area (Å²) in [6.45, 7) is 15.1. The van der Waals surface area contributed by atoms with E-state index in [9.17, 15) is 33.9 Å². The fourth-order valence-corrected chi connectivity index (χ4v) is 6.63. The fourth-order valence-electron chi connectivity index (χ4n) is 6.63. The number of hydrogen-bond acceptors (Lipinski definition) is 12. The molecule has 1 aromatic heterocycles. The number of benzene rings is 2. The summed E-state index contributed by atoms with van der Waals surface area (Å²) >= 11 is 0. The van der Waals surface area contributed by atoms with Crippen LogP contribution >= 0.6 is 0 Å². The lowest BCUT2D eigenvalue weighted by Crippen LogP contribution is -2.47. The van der Waals surface area contributed by atoms with Crippen LogP contribution < -0.4 is 21.1 Å². The second-order valence-electron chi connectivity index (χ2n) is 17.5. The standard InChI is InChI=1S/C44H57N5O10/c1-11-22-49(34-19-14-27-23-33-30(24-29(27)34)39(54)48-35(25-50)45-33)28-15-12-26(13-16-28)38(53)47-32(41(56)59-44(8,9)10)17-20-36(51)46-31(40(55)58-43(5,6)7)18-21-37(52)57-42(2,3)4/h1,12-13,15-16,23-24,31-32,34,50H,14,17-22,25H2,2-10H3,(H,46,51)(H,47,53)(H,45,48,54)/t31-,32+,34+/m1/s1. The first-order valence-corrected chi connectivity index (χ1v) is 19.7. The fraction of sp³-hybridized carbons (Fsp3) is 0.523. The van der Waals surface area contributed by atoms with Crippen LogP contribution in [0.5, 0.6) is 0 Å². The molecule has 0 saturated heterocycles. The molecule has 1 aliphatic rings. The van der Waals surface area contributed by atoms with Crippen molar-refractivity contribution < 1.29 is 43.3 Å². The van der Waals surface area contributed by atoms with Gasteiger partial charge in [0.15, 0.2) is 0 Å². The number of amides is 2. The molecule has 59 heavy (non-hydrogen) atoms. The van der Waals surface area contributed by atoms with Crippen molar-refractivity contribution in [2.45, 2.75) is 142 Å². The maximum Gasteiger partial charge on any atom is 0.329 e. The highest BCUT2D eigenvalue weighted by molar-refractivity contribution is 5.97. The highest BCUT2D eigenvalue weighted by atomic mass is 16.6. The summed E-state index contributed by atoms with van der Waals surface area (Å²) < 4.78 is 16.4. The number of aliphatic hydroxyl groups excluding tert-OH is 1. The minimum absolute atomic E-state index is 0.0792. The smallest absolute Gasteiger partial charge is 0.329 e. The molecule has 0 radical (unpaired) electrons.